The molecule has 2 nitrogen and oxygen atoms in total. The molecule has 1 rings (SSSR count). The molecule has 0 spiro atoms. The standard InChI is InChI=1S/C8H17NO.C2H6/c1-3-9-5-4-8(6-9)7(2)10;1-2/h7-8,10H,3-6H2,1-2H3;1-2H3. The molecule has 0 aromatic heterocycles. The van der Waals surface area contributed by atoms with E-state index in [9.17, 15) is 5.11 Å². The summed E-state index contributed by atoms with van der Waals surface area (Å²) in [4.78, 5) is 2.39. The molecule has 0 amide bonds. The fourth-order valence-electron chi connectivity index (χ4n) is 1.54. The number of hydrogen-bond donors (Lipinski definition) is 1. The Hall–Kier alpha value is -0.0800. The van der Waals surface area contributed by atoms with E-state index >= 15 is 0 Å². The quantitative estimate of drug-likeness (QED) is 0.687. The highest BCUT2D eigenvalue weighted by atomic mass is 16.3. The van der Waals surface area contributed by atoms with Gasteiger partial charge < -0.3 is 10.0 Å². The smallest absolute Gasteiger partial charge is 0.0552 e. The van der Waals surface area contributed by atoms with Crippen LogP contribution in [0.2, 0.25) is 0 Å². The van der Waals surface area contributed by atoms with Gasteiger partial charge in [0, 0.05) is 6.54 Å². The maximum absolute atomic E-state index is 9.24. The van der Waals surface area contributed by atoms with Gasteiger partial charge in [-0.05, 0) is 32.4 Å². The molecule has 1 aliphatic rings. The summed E-state index contributed by atoms with van der Waals surface area (Å²) < 4.78 is 0. The Kier molecular flexibility index (Phi) is 6.39. The second kappa shape index (κ2) is 6.44. The lowest BCUT2D eigenvalue weighted by Gasteiger charge is -2.14. The number of aliphatic hydroxyl groups excluding tert-OH is 1. The minimum atomic E-state index is -0.114. The van der Waals surface area contributed by atoms with E-state index in [1.807, 2.05) is 20.8 Å². The number of hydrogen-bond acceptors (Lipinski definition) is 2. The maximum atomic E-state index is 9.24. The first-order chi connectivity index (χ1) is 5.74. The lowest BCUT2D eigenvalue weighted by Crippen LogP contribution is -2.23. The van der Waals surface area contributed by atoms with Crippen molar-refractivity contribution in [2.24, 2.45) is 5.92 Å². The summed E-state index contributed by atoms with van der Waals surface area (Å²) in [6, 6.07) is 0. The van der Waals surface area contributed by atoms with E-state index in [0.29, 0.717) is 5.92 Å². The van der Waals surface area contributed by atoms with Gasteiger partial charge in [0.25, 0.3) is 0 Å². The fourth-order valence-corrected chi connectivity index (χ4v) is 1.54. The van der Waals surface area contributed by atoms with Crippen molar-refractivity contribution in [2.45, 2.75) is 40.2 Å². The van der Waals surface area contributed by atoms with Gasteiger partial charge in [-0.3, -0.25) is 0 Å². The van der Waals surface area contributed by atoms with Crippen molar-refractivity contribution >= 4 is 0 Å². The van der Waals surface area contributed by atoms with Crippen LogP contribution in [0.1, 0.15) is 34.1 Å². The van der Waals surface area contributed by atoms with Crippen LogP contribution in [0.3, 0.4) is 0 Å². The van der Waals surface area contributed by atoms with E-state index in [2.05, 4.69) is 11.8 Å². The predicted molar refractivity (Wildman–Crippen MR) is 53.2 cm³/mol. The van der Waals surface area contributed by atoms with Gasteiger partial charge in [0.15, 0.2) is 0 Å². The molecular formula is C10H23NO. The molecule has 2 unspecified atom stereocenters. The average molecular weight is 173 g/mol. The highest BCUT2D eigenvalue weighted by Gasteiger charge is 2.24. The Morgan fingerprint density at radius 1 is 1.50 bits per heavy atom. The summed E-state index contributed by atoms with van der Waals surface area (Å²) in [6.45, 7) is 11.5. The van der Waals surface area contributed by atoms with Crippen LogP contribution < -0.4 is 0 Å². The Bertz CT molecular complexity index is 104. The molecule has 0 aliphatic carbocycles. The van der Waals surface area contributed by atoms with Gasteiger partial charge in [-0.2, -0.15) is 0 Å². The third-order valence-corrected chi connectivity index (χ3v) is 2.44. The molecular weight excluding hydrogens is 150 g/mol. The zero-order valence-corrected chi connectivity index (χ0v) is 8.88. The highest BCUT2D eigenvalue weighted by molar-refractivity contribution is 4.77. The molecule has 74 valence electrons. The minimum Gasteiger partial charge on any atom is -0.393 e. The molecule has 12 heavy (non-hydrogen) atoms. The first kappa shape index (κ1) is 11.9. The van der Waals surface area contributed by atoms with Crippen LogP contribution in [0.5, 0.6) is 0 Å². The second-order valence-corrected chi connectivity index (χ2v) is 3.18. The van der Waals surface area contributed by atoms with Crippen LogP contribution in [-0.4, -0.2) is 35.7 Å². The van der Waals surface area contributed by atoms with Gasteiger partial charge >= 0.3 is 0 Å². The lowest BCUT2D eigenvalue weighted by molar-refractivity contribution is 0.128. The van der Waals surface area contributed by atoms with E-state index in [4.69, 9.17) is 0 Å². The number of likely N-dealkylation sites (tertiary alicyclic amines) is 1. The monoisotopic (exact) mass is 173 g/mol. The van der Waals surface area contributed by atoms with Gasteiger partial charge in [0.2, 0.25) is 0 Å². The Morgan fingerprint density at radius 2 is 2.08 bits per heavy atom. The normalized spacial score (nSPS) is 26.2. The molecule has 1 saturated heterocycles. The van der Waals surface area contributed by atoms with Crippen molar-refractivity contribution in [3.63, 3.8) is 0 Å². The zero-order valence-electron chi connectivity index (χ0n) is 8.88. The summed E-state index contributed by atoms with van der Waals surface area (Å²) in [5.74, 6) is 0.528. The third-order valence-electron chi connectivity index (χ3n) is 2.44. The summed E-state index contributed by atoms with van der Waals surface area (Å²) in [6.07, 6.45) is 1.06. The molecule has 1 N–H and O–H groups in total. The van der Waals surface area contributed by atoms with E-state index in [1.165, 1.54) is 13.0 Å². The first-order valence-electron chi connectivity index (χ1n) is 5.14. The molecule has 1 aliphatic heterocycles. The van der Waals surface area contributed by atoms with Crippen LogP contribution in [0.15, 0.2) is 0 Å². The molecule has 2 heteroatoms. The first-order valence-corrected chi connectivity index (χ1v) is 5.14. The van der Waals surface area contributed by atoms with E-state index in [1.54, 1.807) is 0 Å². The van der Waals surface area contributed by atoms with Crippen molar-refractivity contribution in [1.29, 1.82) is 0 Å². The van der Waals surface area contributed by atoms with E-state index in [-0.39, 0.29) is 6.10 Å². The molecule has 0 aromatic rings. The summed E-state index contributed by atoms with van der Waals surface area (Å²) >= 11 is 0. The van der Waals surface area contributed by atoms with Gasteiger partial charge in [0.05, 0.1) is 6.10 Å². The van der Waals surface area contributed by atoms with Gasteiger partial charge in [0.1, 0.15) is 0 Å². The largest absolute Gasteiger partial charge is 0.393 e. The summed E-state index contributed by atoms with van der Waals surface area (Å²) in [7, 11) is 0. The van der Waals surface area contributed by atoms with Crippen LogP contribution in [-0.2, 0) is 0 Å². The molecule has 0 aromatic carbocycles. The summed E-state index contributed by atoms with van der Waals surface area (Å²) in [5.41, 5.74) is 0. The topological polar surface area (TPSA) is 23.5 Å². The Labute approximate surface area is 76.6 Å². The zero-order chi connectivity index (χ0) is 9.56. The van der Waals surface area contributed by atoms with Crippen molar-refractivity contribution < 1.29 is 5.11 Å². The van der Waals surface area contributed by atoms with Gasteiger partial charge in [-0.15, -0.1) is 0 Å². The van der Waals surface area contributed by atoms with Crippen LogP contribution in [0.4, 0.5) is 0 Å². The Balaban J connectivity index is 0.000000561. The Morgan fingerprint density at radius 3 is 2.33 bits per heavy atom. The third kappa shape index (κ3) is 3.55. The van der Waals surface area contributed by atoms with E-state index < -0.39 is 0 Å². The molecule has 0 radical (unpaired) electrons. The van der Waals surface area contributed by atoms with Crippen molar-refractivity contribution in [3.8, 4) is 0 Å². The van der Waals surface area contributed by atoms with Gasteiger partial charge in [-0.1, -0.05) is 20.8 Å². The fraction of sp³-hybridized carbons (Fsp3) is 1.00. The molecule has 2 atom stereocenters. The lowest BCUT2D eigenvalue weighted by atomic mass is 10.0. The molecule has 0 bridgehead atoms. The minimum absolute atomic E-state index is 0.114. The predicted octanol–water partition coefficient (Wildman–Crippen LogP) is 1.74. The average Bonchev–Trinajstić information content (AvgIpc) is 2.55. The maximum Gasteiger partial charge on any atom is 0.0552 e. The molecule has 0 saturated carbocycles. The van der Waals surface area contributed by atoms with Crippen LogP contribution >= 0.6 is 0 Å². The van der Waals surface area contributed by atoms with E-state index in [0.717, 1.165) is 13.1 Å². The highest BCUT2D eigenvalue weighted by Crippen LogP contribution is 2.18. The molecule has 1 heterocycles. The number of rotatable bonds is 2. The summed E-state index contributed by atoms with van der Waals surface area (Å²) in [5, 5.41) is 9.24. The van der Waals surface area contributed by atoms with Crippen molar-refractivity contribution in [2.75, 3.05) is 19.6 Å². The SMILES string of the molecule is CC.CCN1CCC(C(C)O)C1. The number of nitrogens with zero attached hydrogens (tertiary/aromatic N) is 1. The van der Waals surface area contributed by atoms with Crippen LogP contribution in [0, 0.1) is 5.92 Å². The van der Waals surface area contributed by atoms with Crippen molar-refractivity contribution in [1.82, 2.24) is 4.90 Å². The second-order valence-electron chi connectivity index (χ2n) is 3.18. The van der Waals surface area contributed by atoms with Crippen molar-refractivity contribution in [3.05, 3.63) is 0 Å². The van der Waals surface area contributed by atoms with Gasteiger partial charge in [-0.25, -0.2) is 0 Å². The number of aliphatic hydroxyl groups is 1. The van der Waals surface area contributed by atoms with Crippen LogP contribution in [0.25, 0.3) is 0 Å². The molecule has 1 fully saturated rings.